The number of hydrogen-bond acceptors (Lipinski definition) is 6. The van der Waals surface area contributed by atoms with E-state index in [2.05, 4.69) is 27.6 Å². The van der Waals surface area contributed by atoms with Crippen LogP contribution < -0.4 is 10.9 Å². The number of aryl methyl sites for hydroxylation is 4. The number of thiophene rings is 1. The second-order valence-corrected chi connectivity index (χ2v) is 10.7. The summed E-state index contributed by atoms with van der Waals surface area (Å²) in [5, 5.41) is 13.1. The van der Waals surface area contributed by atoms with Gasteiger partial charge in [0.05, 0.1) is 11.1 Å². The SMILES string of the molecule is C[C@H](CCc1ccccc1)NC(=O)CSc1nnc2n(C)c(=O)c3c4c(sc3n12)CCCC4. The van der Waals surface area contributed by atoms with Crippen LogP contribution in [0.1, 0.15) is 42.2 Å². The summed E-state index contributed by atoms with van der Waals surface area (Å²) in [6.45, 7) is 2.04. The van der Waals surface area contributed by atoms with Crippen LogP contribution in [-0.4, -0.2) is 36.9 Å². The number of carbonyl (C=O) groups is 1. The minimum absolute atomic E-state index is 0.00849. The third kappa shape index (κ3) is 4.31. The first-order valence-electron chi connectivity index (χ1n) is 11.4. The molecule has 1 aliphatic carbocycles. The topological polar surface area (TPSA) is 81.3 Å². The van der Waals surface area contributed by atoms with Crippen LogP contribution in [-0.2, 0) is 31.1 Å². The van der Waals surface area contributed by atoms with Crippen LogP contribution in [0.2, 0.25) is 0 Å². The first-order valence-corrected chi connectivity index (χ1v) is 13.2. The number of nitrogens with zero attached hydrogens (tertiary/aromatic N) is 4. The first-order chi connectivity index (χ1) is 16.0. The van der Waals surface area contributed by atoms with Crippen LogP contribution in [0.3, 0.4) is 0 Å². The third-order valence-electron chi connectivity index (χ3n) is 6.24. The number of hydrogen-bond donors (Lipinski definition) is 1. The largest absolute Gasteiger partial charge is 0.353 e. The highest BCUT2D eigenvalue weighted by Gasteiger charge is 2.24. The van der Waals surface area contributed by atoms with E-state index in [0.29, 0.717) is 10.9 Å². The van der Waals surface area contributed by atoms with Gasteiger partial charge >= 0.3 is 0 Å². The lowest BCUT2D eigenvalue weighted by Gasteiger charge is -2.13. The van der Waals surface area contributed by atoms with Crippen molar-refractivity contribution in [3.8, 4) is 0 Å². The van der Waals surface area contributed by atoms with Crippen molar-refractivity contribution < 1.29 is 4.79 Å². The molecule has 0 aliphatic heterocycles. The molecule has 0 unspecified atom stereocenters. The van der Waals surface area contributed by atoms with Gasteiger partial charge in [-0.05, 0) is 56.6 Å². The molecule has 172 valence electrons. The predicted octanol–water partition coefficient (Wildman–Crippen LogP) is 3.75. The monoisotopic (exact) mass is 481 g/mol. The third-order valence-corrected chi connectivity index (χ3v) is 8.45. The molecule has 7 nitrogen and oxygen atoms in total. The summed E-state index contributed by atoms with van der Waals surface area (Å²) >= 11 is 3.04. The van der Waals surface area contributed by atoms with Crippen molar-refractivity contribution in [2.45, 2.75) is 56.6 Å². The van der Waals surface area contributed by atoms with Gasteiger partial charge < -0.3 is 5.32 Å². The summed E-state index contributed by atoms with van der Waals surface area (Å²) in [5.74, 6) is 0.750. The molecule has 0 radical (unpaired) electrons. The van der Waals surface area contributed by atoms with Crippen molar-refractivity contribution in [1.82, 2.24) is 24.5 Å². The van der Waals surface area contributed by atoms with Gasteiger partial charge in [-0.25, -0.2) is 4.40 Å². The molecule has 33 heavy (non-hydrogen) atoms. The van der Waals surface area contributed by atoms with Crippen molar-refractivity contribution in [1.29, 1.82) is 0 Å². The van der Waals surface area contributed by atoms with Gasteiger partial charge in [-0.1, -0.05) is 42.1 Å². The molecule has 1 amide bonds. The number of amides is 1. The zero-order valence-electron chi connectivity index (χ0n) is 18.8. The van der Waals surface area contributed by atoms with Crippen LogP contribution in [0, 0.1) is 0 Å². The first kappa shape index (κ1) is 22.2. The van der Waals surface area contributed by atoms with Crippen LogP contribution in [0.4, 0.5) is 0 Å². The fourth-order valence-electron chi connectivity index (χ4n) is 4.49. The summed E-state index contributed by atoms with van der Waals surface area (Å²) in [6, 6.07) is 10.4. The van der Waals surface area contributed by atoms with E-state index in [0.717, 1.165) is 48.7 Å². The molecule has 0 spiro atoms. The van der Waals surface area contributed by atoms with E-state index in [4.69, 9.17) is 0 Å². The van der Waals surface area contributed by atoms with Crippen LogP contribution >= 0.6 is 23.1 Å². The number of benzene rings is 1. The maximum Gasteiger partial charge on any atom is 0.263 e. The predicted molar refractivity (Wildman–Crippen MR) is 133 cm³/mol. The molecule has 3 heterocycles. The van der Waals surface area contributed by atoms with E-state index in [9.17, 15) is 9.59 Å². The van der Waals surface area contributed by atoms with E-state index in [1.807, 2.05) is 29.5 Å². The van der Waals surface area contributed by atoms with E-state index < -0.39 is 0 Å². The lowest BCUT2D eigenvalue weighted by molar-refractivity contribution is -0.119. The van der Waals surface area contributed by atoms with Gasteiger partial charge in [0.25, 0.3) is 5.56 Å². The summed E-state index contributed by atoms with van der Waals surface area (Å²) in [4.78, 5) is 27.9. The highest BCUT2D eigenvalue weighted by Crippen LogP contribution is 2.36. The summed E-state index contributed by atoms with van der Waals surface area (Å²) < 4.78 is 3.53. The van der Waals surface area contributed by atoms with E-state index in [1.54, 1.807) is 23.0 Å². The van der Waals surface area contributed by atoms with Crippen molar-refractivity contribution in [2.75, 3.05) is 5.75 Å². The molecular formula is C24H27N5O2S2. The lowest BCUT2D eigenvalue weighted by Crippen LogP contribution is -2.34. The van der Waals surface area contributed by atoms with Gasteiger partial charge in [-0.2, -0.15) is 0 Å². The van der Waals surface area contributed by atoms with Crippen molar-refractivity contribution in [3.05, 3.63) is 56.7 Å². The average Bonchev–Trinajstić information content (AvgIpc) is 3.42. The number of thioether (sulfide) groups is 1. The Morgan fingerprint density at radius 2 is 2.00 bits per heavy atom. The Bertz CT molecular complexity index is 1370. The standard InChI is InChI=1S/C24H27N5O2S2/c1-15(12-13-16-8-4-3-5-9-16)25-19(30)14-32-24-27-26-23-28(2)21(31)20-17-10-6-7-11-18(17)33-22(20)29(23)24/h3-5,8-9,15H,6-7,10-14H2,1-2H3,(H,25,30)/t15-/m1/s1. The lowest BCUT2D eigenvalue weighted by atomic mass is 9.97. The van der Waals surface area contributed by atoms with Gasteiger partial charge in [-0.3, -0.25) is 14.2 Å². The number of aromatic nitrogens is 4. The maximum atomic E-state index is 13.1. The molecule has 1 aromatic carbocycles. The summed E-state index contributed by atoms with van der Waals surface area (Å²) in [7, 11) is 1.74. The Hall–Kier alpha value is -2.65. The van der Waals surface area contributed by atoms with Gasteiger partial charge in [0.1, 0.15) is 4.83 Å². The minimum Gasteiger partial charge on any atom is -0.353 e. The van der Waals surface area contributed by atoms with Crippen LogP contribution in [0.5, 0.6) is 0 Å². The molecule has 0 saturated heterocycles. The summed E-state index contributed by atoms with van der Waals surface area (Å²) in [5.41, 5.74) is 2.46. The molecule has 0 fully saturated rings. The molecule has 1 N–H and O–H groups in total. The number of carbonyl (C=O) groups excluding carboxylic acids is 1. The molecule has 9 heteroatoms. The summed E-state index contributed by atoms with van der Waals surface area (Å²) in [6.07, 6.45) is 6.07. The molecule has 1 aliphatic rings. The van der Waals surface area contributed by atoms with Gasteiger partial charge in [0, 0.05) is 18.0 Å². The molecule has 0 saturated carbocycles. The second-order valence-electron chi connectivity index (χ2n) is 8.65. The minimum atomic E-state index is -0.0242. The van der Waals surface area contributed by atoms with Gasteiger partial charge in [0.15, 0.2) is 5.16 Å². The smallest absolute Gasteiger partial charge is 0.263 e. The zero-order valence-corrected chi connectivity index (χ0v) is 20.5. The molecule has 1 atom stereocenters. The second kappa shape index (κ2) is 9.30. The quantitative estimate of drug-likeness (QED) is 0.407. The van der Waals surface area contributed by atoms with Crippen molar-refractivity contribution in [2.24, 2.45) is 7.05 Å². The molecule has 0 bridgehead atoms. The van der Waals surface area contributed by atoms with E-state index in [-0.39, 0.29) is 23.3 Å². The Morgan fingerprint density at radius 3 is 2.82 bits per heavy atom. The van der Waals surface area contributed by atoms with Crippen LogP contribution in [0.15, 0.2) is 40.3 Å². The van der Waals surface area contributed by atoms with Crippen molar-refractivity contribution >= 4 is 45.0 Å². The highest BCUT2D eigenvalue weighted by molar-refractivity contribution is 7.99. The Balaban J connectivity index is 1.32. The van der Waals surface area contributed by atoms with E-state index in [1.165, 1.54) is 27.8 Å². The molecule has 5 rings (SSSR count). The Labute approximate surface area is 200 Å². The highest BCUT2D eigenvalue weighted by atomic mass is 32.2. The van der Waals surface area contributed by atoms with Gasteiger partial charge in [-0.15, -0.1) is 21.5 Å². The fraction of sp³-hybridized carbons (Fsp3) is 0.417. The average molecular weight is 482 g/mol. The maximum absolute atomic E-state index is 13.1. The molecule has 3 aromatic heterocycles. The Kier molecular flexibility index (Phi) is 6.25. The van der Waals surface area contributed by atoms with Crippen LogP contribution in [0.25, 0.3) is 16.0 Å². The normalized spacial score (nSPS) is 14.5. The number of nitrogens with one attached hydrogen (secondary N) is 1. The zero-order chi connectivity index (χ0) is 22.9. The molecule has 4 aromatic rings. The molecular weight excluding hydrogens is 454 g/mol. The number of rotatable bonds is 7. The van der Waals surface area contributed by atoms with Gasteiger partial charge in [0.2, 0.25) is 11.7 Å². The Morgan fingerprint density at radius 1 is 1.21 bits per heavy atom. The fourth-order valence-corrected chi connectivity index (χ4v) is 6.67. The van der Waals surface area contributed by atoms with E-state index >= 15 is 0 Å². The number of fused-ring (bicyclic) bond motifs is 5. The van der Waals surface area contributed by atoms with Crippen molar-refractivity contribution in [3.63, 3.8) is 0 Å².